The van der Waals surface area contributed by atoms with Gasteiger partial charge in [-0.05, 0) is 30.3 Å². The Morgan fingerprint density at radius 3 is 2.59 bits per heavy atom. The number of carbonyl (C=O) groups is 2. The van der Waals surface area contributed by atoms with Gasteiger partial charge in [-0.2, -0.15) is 0 Å². The minimum atomic E-state index is -1.12. The molecule has 0 saturated heterocycles. The number of nitrogens with zero attached hydrogens (tertiary/aromatic N) is 1. The third-order valence-electron chi connectivity index (χ3n) is 3.37. The molecule has 0 aromatic heterocycles. The number of rotatable bonds is 2. The molecule has 0 bridgehead atoms. The van der Waals surface area contributed by atoms with Crippen LogP contribution < -0.4 is 9.64 Å². The van der Waals surface area contributed by atoms with E-state index in [1.807, 2.05) is 0 Å². The fourth-order valence-corrected chi connectivity index (χ4v) is 2.48. The van der Waals surface area contributed by atoms with Gasteiger partial charge in [0.2, 0.25) is 6.10 Å². The van der Waals surface area contributed by atoms with Gasteiger partial charge in [0.15, 0.2) is 0 Å². The van der Waals surface area contributed by atoms with Gasteiger partial charge in [0.25, 0.3) is 5.91 Å². The maximum absolute atomic E-state index is 12.7. The molecule has 5 nitrogen and oxygen atoms in total. The highest BCUT2D eigenvalue weighted by molar-refractivity contribution is 6.31. The number of aliphatic carboxylic acids is 1. The number of benzene rings is 2. The van der Waals surface area contributed by atoms with Crippen LogP contribution in [0.25, 0.3) is 0 Å². The molecule has 1 aliphatic heterocycles. The molecule has 2 aromatic carbocycles. The molecule has 1 atom stereocenters. The highest BCUT2D eigenvalue weighted by atomic mass is 35.5. The highest BCUT2D eigenvalue weighted by Crippen LogP contribution is 2.36. The van der Waals surface area contributed by atoms with Crippen molar-refractivity contribution in [1.82, 2.24) is 0 Å². The summed E-state index contributed by atoms with van der Waals surface area (Å²) in [6, 6.07) is 13.4. The number of carbonyl (C=O) groups excluding carboxylic acids is 1. The smallest absolute Gasteiger partial charge is 0.346 e. The normalized spacial score (nSPS) is 16.6. The van der Waals surface area contributed by atoms with Gasteiger partial charge in [-0.25, -0.2) is 4.79 Å². The molecule has 1 amide bonds. The Kier molecular flexibility index (Phi) is 3.73. The van der Waals surface area contributed by atoms with Crippen LogP contribution >= 0.6 is 11.6 Å². The van der Waals surface area contributed by atoms with Gasteiger partial charge < -0.3 is 14.7 Å². The van der Waals surface area contributed by atoms with Gasteiger partial charge in [0.05, 0.1) is 12.2 Å². The van der Waals surface area contributed by atoms with Gasteiger partial charge in [-0.1, -0.05) is 29.8 Å². The lowest BCUT2D eigenvalue weighted by molar-refractivity contribution is -0.144. The van der Waals surface area contributed by atoms with Crippen LogP contribution in [0.5, 0.6) is 5.75 Å². The predicted octanol–water partition coefficient (Wildman–Crippen LogP) is 2.83. The molecule has 0 spiro atoms. The number of carboxylic acid groups (broad SMARTS) is 1. The Balaban J connectivity index is 2.04. The number of hydrogen-bond donors (Lipinski definition) is 1. The highest BCUT2D eigenvalue weighted by Gasteiger charge is 2.34. The topological polar surface area (TPSA) is 66.8 Å². The molecule has 6 heteroatoms. The lowest BCUT2D eigenvalue weighted by atomic mass is 10.1. The summed E-state index contributed by atoms with van der Waals surface area (Å²) < 4.78 is 5.41. The van der Waals surface area contributed by atoms with Crippen molar-refractivity contribution in [3.8, 4) is 5.75 Å². The van der Waals surface area contributed by atoms with Crippen LogP contribution in [0, 0.1) is 0 Å². The Hall–Kier alpha value is -2.53. The molecular weight excluding hydrogens is 306 g/mol. The van der Waals surface area contributed by atoms with Crippen LogP contribution in [-0.4, -0.2) is 29.6 Å². The molecule has 0 radical (unpaired) electrons. The average Bonchev–Trinajstić information content (AvgIpc) is 2.54. The molecule has 1 unspecified atom stereocenters. The summed E-state index contributed by atoms with van der Waals surface area (Å²) in [7, 11) is 0. The standard InChI is InChI=1S/C16H12ClNO4/c17-11-6-7-13-12(8-11)18(9-14(22-13)16(20)21)15(19)10-4-2-1-3-5-10/h1-8,14H,9H2,(H,20,21). The third-order valence-corrected chi connectivity index (χ3v) is 3.61. The maximum atomic E-state index is 12.7. The molecule has 22 heavy (non-hydrogen) atoms. The van der Waals surface area contributed by atoms with Gasteiger partial charge in [-0.15, -0.1) is 0 Å². The fourth-order valence-electron chi connectivity index (χ4n) is 2.31. The van der Waals surface area contributed by atoms with Gasteiger partial charge in [-0.3, -0.25) is 4.79 Å². The van der Waals surface area contributed by atoms with Crippen LogP contribution in [0.2, 0.25) is 5.02 Å². The zero-order chi connectivity index (χ0) is 15.7. The second kappa shape index (κ2) is 5.69. The van der Waals surface area contributed by atoms with Crippen molar-refractivity contribution < 1.29 is 19.4 Å². The molecule has 0 saturated carbocycles. The van der Waals surface area contributed by atoms with Crippen LogP contribution in [0.15, 0.2) is 48.5 Å². The molecule has 3 rings (SSSR count). The predicted molar refractivity (Wildman–Crippen MR) is 81.6 cm³/mol. The Morgan fingerprint density at radius 1 is 1.18 bits per heavy atom. The SMILES string of the molecule is O=C(O)C1CN(C(=O)c2ccccc2)c2cc(Cl)ccc2O1. The van der Waals surface area contributed by atoms with Crippen molar-refractivity contribution in [1.29, 1.82) is 0 Å². The Labute approximate surface area is 131 Å². The van der Waals surface area contributed by atoms with Crippen molar-refractivity contribution in [2.75, 3.05) is 11.4 Å². The molecule has 2 aromatic rings. The lowest BCUT2D eigenvalue weighted by Crippen LogP contribution is -2.47. The van der Waals surface area contributed by atoms with Crippen LogP contribution in [0.1, 0.15) is 10.4 Å². The quantitative estimate of drug-likeness (QED) is 0.925. The van der Waals surface area contributed by atoms with E-state index in [0.29, 0.717) is 22.0 Å². The maximum Gasteiger partial charge on any atom is 0.346 e. The zero-order valence-corrected chi connectivity index (χ0v) is 12.2. The molecule has 1 N–H and O–H groups in total. The minimum Gasteiger partial charge on any atom is -0.478 e. The number of amides is 1. The van der Waals surface area contributed by atoms with E-state index in [-0.39, 0.29) is 12.5 Å². The number of carboxylic acids is 1. The number of anilines is 1. The summed E-state index contributed by atoms with van der Waals surface area (Å²) in [5.41, 5.74) is 0.943. The van der Waals surface area contributed by atoms with E-state index < -0.39 is 12.1 Å². The van der Waals surface area contributed by atoms with E-state index in [1.54, 1.807) is 48.5 Å². The summed E-state index contributed by atoms with van der Waals surface area (Å²) in [6.45, 7) is -0.0730. The summed E-state index contributed by atoms with van der Waals surface area (Å²) in [5, 5.41) is 9.65. The first kappa shape index (κ1) is 14.4. The van der Waals surface area contributed by atoms with Crippen LogP contribution in [-0.2, 0) is 4.79 Å². The van der Waals surface area contributed by atoms with E-state index in [1.165, 1.54) is 4.90 Å². The van der Waals surface area contributed by atoms with E-state index in [9.17, 15) is 14.7 Å². The van der Waals surface area contributed by atoms with Crippen LogP contribution in [0.4, 0.5) is 5.69 Å². The molecule has 0 aliphatic carbocycles. The summed E-state index contributed by atoms with van der Waals surface area (Å²) in [5.74, 6) is -1.09. The number of hydrogen-bond acceptors (Lipinski definition) is 3. The van der Waals surface area contributed by atoms with Crippen molar-refractivity contribution in [2.24, 2.45) is 0 Å². The average molecular weight is 318 g/mol. The summed E-state index contributed by atoms with van der Waals surface area (Å²) in [4.78, 5) is 25.3. The molecule has 1 heterocycles. The summed E-state index contributed by atoms with van der Waals surface area (Å²) in [6.07, 6.45) is -1.11. The van der Waals surface area contributed by atoms with Gasteiger partial charge in [0, 0.05) is 10.6 Å². The van der Waals surface area contributed by atoms with Crippen molar-refractivity contribution >= 4 is 29.2 Å². The van der Waals surface area contributed by atoms with E-state index in [2.05, 4.69) is 0 Å². The monoisotopic (exact) mass is 317 g/mol. The Morgan fingerprint density at radius 2 is 1.91 bits per heavy atom. The van der Waals surface area contributed by atoms with Crippen molar-refractivity contribution in [2.45, 2.75) is 6.10 Å². The first-order valence-electron chi connectivity index (χ1n) is 6.62. The first-order valence-corrected chi connectivity index (χ1v) is 7.00. The minimum absolute atomic E-state index is 0.0730. The molecule has 1 aliphatic rings. The second-order valence-corrected chi connectivity index (χ2v) is 5.27. The first-order chi connectivity index (χ1) is 10.6. The lowest BCUT2D eigenvalue weighted by Gasteiger charge is -2.33. The third kappa shape index (κ3) is 2.63. The second-order valence-electron chi connectivity index (χ2n) is 4.84. The van der Waals surface area contributed by atoms with E-state index >= 15 is 0 Å². The number of halogens is 1. The molecular formula is C16H12ClNO4. The zero-order valence-electron chi connectivity index (χ0n) is 11.4. The molecule has 112 valence electrons. The van der Waals surface area contributed by atoms with Crippen LogP contribution in [0.3, 0.4) is 0 Å². The van der Waals surface area contributed by atoms with E-state index in [0.717, 1.165) is 0 Å². The number of ether oxygens (including phenoxy) is 1. The van der Waals surface area contributed by atoms with E-state index in [4.69, 9.17) is 16.3 Å². The fraction of sp³-hybridized carbons (Fsp3) is 0.125. The van der Waals surface area contributed by atoms with Gasteiger partial charge in [0.1, 0.15) is 5.75 Å². The largest absolute Gasteiger partial charge is 0.478 e. The van der Waals surface area contributed by atoms with Gasteiger partial charge >= 0.3 is 5.97 Å². The molecule has 0 fully saturated rings. The van der Waals surface area contributed by atoms with Crippen molar-refractivity contribution in [3.05, 3.63) is 59.1 Å². The Bertz CT molecular complexity index is 732. The number of fused-ring (bicyclic) bond motifs is 1. The van der Waals surface area contributed by atoms with Crippen molar-refractivity contribution in [3.63, 3.8) is 0 Å². The summed E-state index contributed by atoms with van der Waals surface area (Å²) >= 11 is 5.98.